The number of anilines is 1. The number of hydrogen-bond acceptors (Lipinski definition) is 2. The Balaban J connectivity index is 2.86. The molecule has 0 unspecified atom stereocenters. The Kier molecular flexibility index (Phi) is 7.02. The zero-order valence-corrected chi connectivity index (χ0v) is 13.0. The van der Waals surface area contributed by atoms with E-state index in [4.69, 9.17) is 0 Å². The Hall–Kier alpha value is -1.23. The van der Waals surface area contributed by atoms with E-state index < -0.39 is 12.7 Å². The van der Waals surface area contributed by atoms with Gasteiger partial charge in [-0.15, -0.1) is 0 Å². The zero-order valence-electron chi connectivity index (χ0n) is 13.0. The number of hydrogen-bond donors (Lipinski definition) is 1. The van der Waals surface area contributed by atoms with E-state index in [1.807, 2.05) is 19.1 Å². The monoisotopic (exact) mass is 302 g/mol. The topological polar surface area (TPSA) is 15.3 Å². The van der Waals surface area contributed by atoms with Crippen LogP contribution in [0.3, 0.4) is 0 Å². The van der Waals surface area contributed by atoms with Gasteiger partial charge in [-0.05, 0) is 30.5 Å². The summed E-state index contributed by atoms with van der Waals surface area (Å²) in [5.41, 5.74) is 1.59. The fourth-order valence-electron chi connectivity index (χ4n) is 2.24. The van der Waals surface area contributed by atoms with Crippen LogP contribution in [0.4, 0.5) is 18.9 Å². The molecule has 1 N–H and O–H groups in total. The quantitative estimate of drug-likeness (QED) is 0.774. The summed E-state index contributed by atoms with van der Waals surface area (Å²) in [7, 11) is 0. The molecule has 0 bridgehead atoms. The van der Waals surface area contributed by atoms with Gasteiger partial charge >= 0.3 is 6.18 Å². The highest BCUT2D eigenvalue weighted by Crippen LogP contribution is 2.25. The van der Waals surface area contributed by atoms with E-state index in [1.54, 1.807) is 12.1 Å². The number of para-hydroxylation sites is 1. The largest absolute Gasteiger partial charge is 0.405 e. The Morgan fingerprint density at radius 2 is 1.86 bits per heavy atom. The first kappa shape index (κ1) is 17.8. The van der Waals surface area contributed by atoms with E-state index in [2.05, 4.69) is 19.2 Å². The van der Waals surface area contributed by atoms with Gasteiger partial charge in [0.1, 0.15) is 6.54 Å². The van der Waals surface area contributed by atoms with Crippen LogP contribution in [0.25, 0.3) is 0 Å². The molecule has 0 aliphatic carbocycles. The van der Waals surface area contributed by atoms with Crippen LogP contribution in [-0.4, -0.2) is 25.8 Å². The van der Waals surface area contributed by atoms with Gasteiger partial charge in [0.15, 0.2) is 0 Å². The van der Waals surface area contributed by atoms with Crippen molar-refractivity contribution in [3.05, 3.63) is 29.8 Å². The fourth-order valence-corrected chi connectivity index (χ4v) is 2.24. The molecule has 0 radical (unpaired) electrons. The van der Waals surface area contributed by atoms with Gasteiger partial charge in [-0.3, -0.25) is 0 Å². The molecule has 21 heavy (non-hydrogen) atoms. The van der Waals surface area contributed by atoms with Crippen LogP contribution < -0.4 is 10.2 Å². The summed E-state index contributed by atoms with van der Waals surface area (Å²) in [4.78, 5) is 1.42. The van der Waals surface area contributed by atoms with Crippen LogP contribution in [0.15, 0.2) is 24.3 Å². The van der Waals surface area contributed by atoms with Crippen molar-refractivity contribution < 1.29 is 13.2 Å². The Bertz CT molecular complexity index is 416. The van der Waals surface area contributed by atoms with Crippen LogP contribution in [0, 0.1) is 5.92 Å². The second-order valence-corrected chi connectivity index (χ2v) is 5.69. The molecule has 0 saturated heterocycles. The molecule has 0 atom stereocenters. The molecule has 0 aliphatic heterocycles. The van der Waals surface area contributed by atoms with E-state index in [1.165, 1.54) is 4.90 Å². The van der Waals surface area contributed by atoms with Crippen molar-refractivity contribution >= 4 is 5.69 Å². The van der Waals surface area contributed by atoms with Crippen LogP contribution >= 0.6 is 0 Å². The molecule has 120 valence electrons. The molecule has 0 aliphatic rings. The molecule has 0 spiro atoms. The standard InChI is InChI=1S/C16H25F3N2/c1-4-9-21(12-16(17,18)19)15-8-6-5-7-14(15)11-20-10-13(2)3/h5-8,13,20H,4,9-12H2,1-3H3. The Morgan fingerprint density at radius 1 is 1.19 bits per heavy atom. The number of rotatable bonds is 8. The number of alkyl halides is 3. The van der Waals surface area contributed by atoms with Gasteiger partial charge in [0.05, 0.1) is 0 Å². The second-order valence-electron chi connectivity index (χ2n) is 5.69. The first-order valence-electron chi connectivity index (χ1n) is 7.43. The van der Waals surface area contributed by atoms with Crippen molar-refractivity contribution in [3.63, 3.8) is 0 Å². The molecule has 1 aromatic carbocycles. The molecule has 0 saturated carbocycles. The zero-order chi connectivity index (χ0) is 15.9. The van der Waals surface area contributed by atoms with Gasteiger partial charge in [-0.2, -0.15) is 13.2 Å². The maximum Gasteiger partial charge on any atom is 0.405 e. The number of halogens is 3. The van der Waals surface area contributed by atoms with Crippen LogP contribution in [0.1, 0.15) is 32.8 Å². The summed E-state index contributed by atoms with van der Waals surface area (Å²) in [6, 6.07) is 7.32. The van der Waals surface area contributed by atoms with Crippen molar-refractivity contribution in [1.82, 2.24) is 5.32 Å². The maximum atomic E-state index is 12.7. The van der Waals surface area contributed by atoms with Crippen LogP contribution in [-0.2, 0) is 6.54 Å². The molecule has 0 fully saturated rings. The summed E-state index contributed by atoms with van der Waals surface area (Å²) < 4.78 is 38.2. The minimum atomic E-state index is -4.19. The van der Waals surface area contributed by atoms with Gasteiger partial charge in [-0.25, -0.2) is 0 Å². The van der Waals surface area contributed by atoms with Crippen LogP contribution in [0.2, 0.25) is 0 Å². The average Bonchev–Trinajstić information content (AvgIpc) is 2.37. The van der Waals surface area contributed by atoms with E-state index >= 15 is 0 Å². The summed E-state index contributed by atoms with van der Waals surface area (Å²) in [5.74, 6) is 0.513. The predicted octanol–water partition coefficient (Wildman–Crippen LogP) is 4.21. The molecule has 0 aromatic heterocycles. The fraction of sp³-hybridized carbons (Fsp3) is 0.625. The lowest BCUT2D eigenvalue weighted by atomic mass is 10.1. The van der Waals surface area contributed by atoms with Gasteiger partial charge in [0.2, 0.25) is 0 Å². The highest BCUT2D eigenvalue weighted by Gasteiger charge is 2.31. The van der Waals surface area contributed by atoms with Crippen molar-refractivity contribution in [3.8, 4) is 0 Å². The highest BCUT2D eigenvalue weighted by atomic mass is 19.4. The number of nitrogens with one attached hydrogen (secondary N) is 1. The molecular weight excluding hydrogens is 277 g/mol. The first-order valence-corrected chi connectivity index (χ1v) is 7.43. The Labute approximate surface area is 125 Å². The third kappa shape index (κ3) is 6.85. The third-order valence-electron chi connectivity index (χ3n) is 3.06. The normalized spacial score (nSPS) is 12.0. The van der Waals surface area contributed by atoms with Crippen molar-refractivity contribution in [2.45, 2.75) is 39.9 Å². The third-order valence-corrected chi connectivity index (χ3v) is 3.06. The highest BCUT2D eigenvalue weighted by molar-refractivity contribution is 5.53. The molecule has 1 rings (SSSR count). The van der Waals surface area contributed by atoms with Gasteiger partial charge in [-0.1, -0.05) is 39.0 Å². The minimum Gasteiger partial charge on any atom is -0.362 e. The smallest absolute Gasteiger partial charge is 0.362 e. The van der Waals surface area contributed by atoms with Gasteiger partial charge in [0, 0.05) is 18.8 Å². The van der Waals surface area contributed by atoms with E-state index in [0.717, 1.165) is 12.1 Å². The number of benzene rings is 1. The lowest BCUT2D eigenvalue weighted by Crippen LogP contribution is -2.35. The molecule has 0 amide bonds. The lowest BCUT2D eigenvalue weighted by Gasteiger charge is -2.28. The molecule has 2 nitrogen and oxygen atoms in total. The summed E-state index contributed by atoms with van der Waals surface area (Å²) in [6.07, 6.45) is -3.50. The molecular formula is C16H25F3N2. The molecule has 5 heteroatoms. The number of nitrogens with zero attached hydrogens (tertiary/aromatic N) is 1. The van der Waals surface area contributed by atoms with Crippen LogP contribution in [0.5, 0.6) is 0 Å². The van der Waals surface area contributed by atoms with Crippen molar-refractivity contribution in [2.24, 2.45) is 5.92 Å². The first-order chi connectivity index (χ1) is 9.83. The molecule has 1 aromatic rings. The van der Waals surface area contributed by atoms with Gasteiger partial charge in [0.25, 0.3) is 0 Å². The van der Waals surface area contributed by atoms with E-state index in [0.29, 0.717) is 31.1 Å². The van der Waals surface area contributed by atoms with E-state index in [-0.39, 0.29) is 0 Å². The minimum absolute atomic E-state index is 0.403. The summed E-state index contributed by atoms with van der Waals surface area (Å²) in [5, 5.41) is 3.29. The summed E-state index contributed by atoms with van der Waals surface area (Å²) >= 11 is 0. The predicted molar refractivity (Wildman–Crippen MR) is 81.5 cm³/mol. The maximum absolute atomic E-state index is 12.7. The SMILES string of the molecule is CCCN(CC(F)(F)F)c1ccccc1CNCC(C)C. The summed E-state index contributed by atoms with van der Waals surface area (Å²) in [6.45, 7) is 7.04. The van der Waals surface area contributed by atoms with Gasteiger partial charge < -0.3 is 10.2 Å². The van der Waals surface area contributed by atoms with Crippen molar-refractivity contribution in [2.75, 3.05) is 24.5 Å². The Morgan fingerprint density at radius 3 is 2.43 bits per heavy atom. The van der Waals surface area contributed by atoms with E-state index in [9.17, 15) is 13.2 Å². The molecule has 0 heterocycles. The lowest BCUT2D eigenvalue weighted by molar-refractivity contribution is -0.119. The second kappa shape index (κ2) is 8.27. The van der Waals surface area contributed by atoms with Crippen molar-refractivity contribution in [1.29, 1.82) is 0 Å². The average molecular weight is 302 g/mol.